The van der Waals surface area contributed by atoms with Gasteiger partial charge in [0.1, 0.15) is 0 Å². The van der Waals surface area contributed by atoms with Crippen molar-refractivity contribution in [3.63, 3.8) is 0 Å². The van der Waals surface area contributed by atoms with Gasteiger partial charge in [-0.05, 0) is 13.0 Å². The lowest BCUT2D eigenvalue weighted by Crippen LogP contribution is -2.56. The lowest BCUT2D eigenvalue weighted by atomic mass is 10.1. The molecule has 1 aliphatic rings. The summed E-state index contributed by atoms with van der Waals surface area (Å²) in [6.45, 7) is 0.975. The van der Waals surface area contributed by atoms with Gasteiger partial charge < -0.3 is 19.3 Å². The number of carbonyl (C=O) groups is 1. The molecule has 2 aromatic rings. The van der Waals surface area contributed by atoms with Gasteiger partial charge in [-0.3, -0.25) is 0 Å². The molecule has 0 saturated carbocycles. The number of methoxy groups -OCH3 is 1. The first kappa shape index (κ1) is 15.3. The van der Waals surface area contributed by atoms with Crippen LogP contribution in [0, 0.1) is 6.92 Å². The van der Waals surface area contributed by atoms with Crippen LogP contribution in [0.5, 0.6) is 5.75 Å². The maximum atomic E-state index is 12.9. The Morgan fingerprint density at radius 3 is 2.65 bits per heavy atom. The third kappa shape index (κ3) is 2.71. The zero-order valence-electron chi connectivity index (χ0n) is 12.6. The fourth-order valence-electron chi connectivity index (χ4n) is 2.52. The molecule has 1 saturated heterocycles. The third-order valence-corrected chi connectivity index (χ3v) is 3.70. The fourth-order valence-corrected chi connectivity index (χ4v) is 2.52. The average Bonchev–Trinajstić information content (AvgIpc) is 2.85. The number of ether oxygens (including phenoxy) is 1. The molecule has 0 atom stereocenters. The quantitative estimate of drug-likeness (QED) is 0.877. The van der Waals surface area contributed by atoms with Crippen molar-refractivity contribution in [2.45, 2.75) is 12.8 Å². The van der Waals surface area contributed by atoms with Crippen LogP contribution in [0.1, 0.15) is 16.1 Å². The van der Waals surface area contributed by atoms with Crippen molar-refractivity contribution in [1.29, 1.82) is 0 Å². The molecule has 0 aromatic carbocycles. The SMILES string of the molecule is COC(=O)c1cc(C)n(-c2ncc(N3CC(F)(F)C3)cc2O)c1. The number of esters is 1. The Morgan fingerprint density at radius 1 is 1.39 bits per heavy atom. The van der Waals surface area contributed by atoms with E-state index in [2.05, 4.69) is 9.72 Å². The number of anilines is 1. The second-order valence-electron chi connectivity index (χ2n) is 5.48. The first-order chi connectivity index (χ1) is 10.8. The minimum Gasteiger partial charge on any atom is -0.504 e. The topological polar surface area (TPSA) is 67.6 Å². The van der Waals surface area contributed by atoms with Crippen LogP contribution in [0.25, 0.3) is 5.82 Å². The van der Waals surface area contributed by atoms with Gasteiger partial charge in [-0.15, -0.1) is 0 Å². The second kappa shape index (κ2) is 5.22. The molecule has 0 unspecified atom stereocenters. The molecule has 3 heterocycles. The molecule has 8 heteroatoms. The lowest BCUT2D eigenvalue weighted by Gasteiger charge is -2.40. The van der Waals surface area contributed by atoms with E-state index in [1.54, 1.807) is 13.0 Å². The van der Waals surface area contributed by atoms with Crippen molar-refractivity contribution in [3.8, 4) is 11.6 Å². The van der Waals surface area contributed by atoms with Gasteiger partial charge >= 0.3 is 5.97 Å². The Balaban J connectivity index is 1.90. The molecule has 6 nitrogen and oxygen atoms in total. The summed E-state index contributed by atoms with van der Waals surface area (Å²) in [5, 5.41) is 10.2. The van der Waals surface area contributed by atoms with E-state index < -0.39 is 11.9 Å². The van der Waals surface area contributed by atoms with E-state index in [0.717, 1.165) is 0 Å². The number of rotatable bonds is 3. The van der Waals surface area contributed by atoms with Gasteiger partial charge in [0, 0.05) is 18.0 Å². The Labute approximate surface area is 130 Å². The second-order valence-corrected chi connectivity index (χ2v) is 5.48. The van der Waals surface area contributed by atoms with Gasteiger partial charge in [-0.1, -0.05) is 0 Å². The Bertz CT molecular complexity index is 765. The van der Waals surface area contributed by atoms with Gasteiger partial charge in [0.15, 0.2) is 11.6 Å². The number of hydrogen-bond donors (Lipinski definition) is 1. The van der Waals surface area contributed by atoms with Crippen molar-refractivity contribution in [1.82, 2.24) is 9.55 Å². The summed E-state index contributed by atoms with van der Waals surface area (Å²) in [6.07, 6.45) is 2.92. The van der Waals surface area contributed by atoms with Crippen LogP contribution in [0.15, 0.2) is 24.5 Å². The number of aryl methyl sites for hydroxylation is 1. The van der Waals surface area contributed by atoms with Crippen LogP contribution in [-0.4, -0.2) is 46.7 Å². The predicted molar refractivity (Wildman–Crippen MR) is 78.5 cm³/mol. The van der Waals surface area contributed by atoms with E-state index in [1.807, 2.05) is 0 Å². The smallest absolute Gasteiger partial charge is 0.339 e. The van der Waals surface area contributed by atoms with Gasteiger partial charge in [0.2, 0.25) is 0 Å². The molecule has 23 heavy (non-hydrogen) atoms. The van der Waals surface area contributed by atoms with E-state index in [-0.39, 0.29) is 24.7 Å². The lowest BCUT2D eigenvalue weighted by molar-refractivity contribution is -0.0263. The van der Waals surface area contributed by atoms with Crippen LogP contribution < -0.4 is 4.90 Å². The van der Waals surface area contributed by atoms with Gasteiger partial charge in [-0.25, -0.2) is 18.6 Å². The molecule has 0 radical (unpaired) electrons. The Hall–Kier alpha value is -2.64. The zero-order chi connectivity index (χ0) is 16.8. The van der Waals surface area contributed by atoms with Crippen molar-refractivity contribution >= 4 is 11.7 Å². The van der Waals surface area contributed by atoms with E-state index in [4.69, 9.17) is 0 Å². The monoisotopic (exact) mass is 323 g/mol. The minimum absolute atomic E-state index is 0.159. The van der Waals surface area contributed by atoms with Crippen molar-refractivity contribution in [3.05, 3.63) is 35.8 Å². The van der Waals surface area contributed by atoms with Crippen LogP contribution in [0.3, 0.4) is 0 Å². The molecule has 2 aromatic heterocycles. The number of aromatic hydroxyl groups is 1. The highest BCUT2D eigenvalue weighted by atomic mass is 19.3. The first-order valence-corrected chi connectivity index (χ1v) is 6.90. The summed E-state index contributed by atoms with van der Waals surface area (Å²) in [5.74, 6) is -3.13. The third-order valence-electron chi connectivity index (χ3n) is 3.70. The molecule has 1 fully saturated rings. The number of hydrogen-bond acceptors (Lipinski definition) is 5. The number of aromatic nitrogens is 2. The van der Waals surface area contributed by atoms with E-state index in [0.29, 0.717) is 16.9 Å². The summed E-state index contributed by atoms with van der Waals surface area (Å²) in [6, 6.07) is 2.99. The van der Waals surface area contributed by atoms with Crippen molar-refractivity contribution in [2.24, 2.45) is 0 Å². The van der Waals surface area contributed by atoms with Crippen LogP contribution in [0.2, 0.25) is 0 Å². The summed E-state index contributed by atoms with van der Waals surface area (Å²) >= 11 is 0. The standard InChI is InChI=1S/C15H15F2N3O3/c1-9-3-10(14(22)23-2)6-20(9)13-12(21)4-11(5-18-13)19-7-15(16,17)8-19/h3-6,21H,7-8H2,1-2H3. The van der Waals surface area contributed by atoms with Crippen LogP contribution >= 0.6 is 0 Å². The Kier molecular flexibility index (Phi) is 3.46. The maximum Gasteiger partial charge on any atom is 0.339 e. The molecule has 0 bridgehead atoms. The normalized spacial score (nSPS) is 16.1. The highest BCUT2D eigenvalue weighted by Crippen LogP contribution is 2.34. The van der Waals surface area contributed by atoms with Crippen LogP contribution in [-0.2, 0) is 4.74 Å². The molecule has 3 rings (SSSR count). The maximum absolute atomic E-state index is 12.9. The molecule has 0 amide bonds. The van der Waals surface area contributed by atoms with Gasteiger partial charge in [0.25, 0.3) is 5.92 Å². The first-order valence-electron chi connectivity index (χ1n) is 6.90. The fraction of sp³-hybridized carbons (Fsp3) is 0.333. The largest absolute Gasteiger partial charge is 0.504 e. The molecule has 1 aliphatic heterocycles. The average molecular weight is 323 g/mol. The highest BCUT2D eigenvalue weighted by molar-refractivity contribution is 5.89. The molecule has 1 N–H and O–H groups in total. The zero-order valence-corrected chi connectivity index (χ0v) is 12.6. The summed E-state index contributed by atoms with van der Waals surface area (Å²) in [7, 11) is 1.28. The highest BCUT2D eigenvalue weighted by Gasteiger charge is 2.44. The summed E-state index contributed by atoms with van der Waals surface area (Å²) < 4.78 is 32.0. The summed E-state index contributed by atoms with van der Waals surface area (Å²) in [4.78, 5) is 17.1. The number of pyridine rings is 1. The van der Waals surface area contributed by atoms with E-state index in [1.165, 1.54) is 35.0 Å². The minimum atomic E-state index is -2.69. The Morgan fingerprint density at radius 2 is 2.09 bits per heavy atom. The molecule has 122 valence electrons. The number of nitrogens with zero attached hydrogens (tertiary/aromatic N) is 3. The van der Waals surface area contributed by atoms with Gasteiger partial charge in [0.05, 0.1) is 37.6 Å². The van der Waals surface area contributed by atoms with Crippen molar-refractivity contribution < 1.29 is 23.4 Å². The molecular formula is C15H15F2N3O3. The van der Waals surface area contributed by atoms with Crippen molar-refractivity contribution in [2.75, 3.05) is 25.1 Å². The molecular weight excluding hydrogens is 308 g/mol. The number of carbonyl (C=O) groups excluding carboxylic acids is 1. The summed E-state index contributed by atoms with van der Waals surface area (Å²) in [5.41, 5.74) is 1.43. The number of alkyl halides is 2. The van der Waals surface area contributed by atoms with Crippen LogP contribution in [0.4, 0.5) is 14.5 Å². The van der Waals surface area contributed by atoms with E-state index in [9.17, 15) is 18.7 Å². The molecule has 0 aliphatic carbocycles. The van der Waals surface area contributed by atoms with E-state index >= 15 is 0 Å². The molecule has 0 spiro atoms. The number of halogens is 2. The van der Waals surface area contributed by atoms with Gasteiger partial charge in [-0.2, -0.15) is 0 Å². The predicted octanol–water partition coefficient (Wildman–Crippen LogP) is 2.13.